The number of nitrogens with zero attached hydrogens (tertiary/aromatic N) is 2. The Balaban J connectivity index is 1.95. The van der Waals surface area contributed by atoms with E-state index in [1.165, 1.54) is 16.7 Å². The Morgan fingerprint density at radius 3 is 2.76 bits per heavy atom. The number of imidazole rings is 1. The monoisotopic (exact) mass is 229 g/mol. The van der Waals surface area contributed by atoms with E-state index in [0.29, 0.717) is 0 Å². The lowest BCUT2D eigenvalue weighted by molar-refractivity contribution is 0.637. The molecule has 0 aliphatic carbocycles. The molecule has 17 heavy (non-hydrogen) atoms. The van der Waals surface area contributed by atoms with Crippen LogP contribution in [-0.4, -0.2) is 9.55 Å². The Labute approximate surface area is 103 Å². The molecule has 0 atom stereocenters. The van der Waals surface area contributed by atoms with Crippen molar-refractivity contribution in [2.24, 2.45) is 7.05 Å². The lowest BCUT2D eigenvalue weighted by Crippen LogP contribution is -2.16. The van der Waals surface area contributed by atoms with Crippen LogP contribution in [0.2, 0.25) is 0 Å². The Hall–Kier alpha value is -1.61. The van der Waals surface area contributed by atoms with Crippen molar-refractivity contribution < 1.29 is 0 Å². The van der Waals surface area contributed by atoms with Crippen molar-refractivity contribution in [3.63, 3.8) is 0 Å². The van der Waals surface area contributed by atoms with E-state index in [0.717, 1.165) is 18.9 Å². The highest BCUT2D eigenvalue weighted by molar-refractivity contribution is 5.32. The Morgan fingerprint density at radius 2 is 2.06 bits per heavy atom. The van der Waals surface area contributed by atoms with Gasteiger partial charge in [0.25, 0.3) is 0 Å². The second-order valence-electron chi connectivity index (χ2n) is 4.42. The normalized spacial score (nSPS) is 10.8. The zero-order chi connectivity index (χ0) is 12.3. The summed E-state index contributed by atoms with van der Waals surface area (Å²) in [5.41, 5.74) is 4.08. The van der Waals surface area contributed by atoms with Gasteiger partial charge in [-0.05, 0) is 30.5 Å². The van der Waals surface area contributed by atoms with Crippen LogP contribution in [0, 0.1) is 13.8 Å². The molecule has 1 heterocycles. The van der Waals surface area contributed by atoms with Crippen LogP contribution in [0.1, 0.15) is 22.5 Å². The molecule has 0 radical (unpaired) electrons. The largest absolute Gasteiger partial charge is 0.337 e. The van der Waals surface area contributed by atoms with Crippen LogP contribution in [0.25, 0.3) is 0 Å². The van der Waals surface area contributed by atoms with Gasteiger partial charge in [-0.2, -0.15) is 0 Å². The van der Waals surface area contributed by atoms with E-state index >= 15 is 0 Å². The zero-order valence-electron chi connectivity index (χ0n) is 10.7. The molecule has 0 aliphatic heterocycles. The predicted molar refractivity (Wildman–Crippen MR) is 69.7 cm³/mol. The third kappa shape index (κ3) is 2.74. The van der Waals surface area contributed by atoms with Crippen LogP contribution in [-0.2, 0) is 20.1 Å². The molecule has 0 fully saturated rings. The predicted octanol–water partition coefficient (Wildman–Crippen LogP) is 2.33. The smallest absolute Gasteiger partial charge is 0.122 e. The molecular weight excluding hydrogens is 210 g/mol. The van der Waals surface area contributed by atoms with E-state index in [2.05, 4.69) is 42.3 Å². The van der Waals surface area contributed by atoms with Gasteiger partial charge in [0.1, 0.15) is 5.82 Å². The molecule has 1 aromatic carbocycles. The molecule has 0 amide bonds. The third-order valence-corrected chi connectivity index (χ3v) is 3.24. The topological polar surface area (TPSA) is 29.9 Å². The van der Waals surface area contributed by atoms with Crippen LogP contribution >= 0.6 is 0 Å². The number of aromatic nitrogens is 2. The first-order valence-electron chi connectivity index (χ1n) is 5.90. The number of aryl methyl sites for hydroxylation is 2. The first-order valence-corrected chi connectivity index (χ1v) is 5.90. The summed E-state index contributed by atoms with van der Waals surface area (Å²) in [7, 11) is 2.02. The Morgan fingerprint density at radius 1 is 1.24 bits per heavy atom. The van der Waals surface area contributed by atoms with Crippen molar-refractivity contribution in [3.8, 4) is 0 Å². The van der Waals surface area contributed by atoms with E-state index in [4.69, 9.17) is 0 Å². The Bertz CT molecular complexity index is 500. The molecule has 0 spiro atoms. The molecule has 3 nitrogen and oxygen atoms in total. The highest BCUT2D eigenvalue weighted by Gasteiger charge is 2.02. The molecule has 0 unspecified atom stereocenters. The molecule has 1 aromatic heterocycles. The minimum atomic E-state index is 0.802. The molecule has 3 heteroatoms. The average Bonchev–Trinajstić information content (AvgIpc) is 2.71. The van der Waals surface area contributed by atoms with E-state index < -0.39 is 0 Å². The summed E-state index contributed by atoms with van der Waals surface area (Å²) in [6, 6.07) is 6.44. The fourth-order valence-electron chi connectivity index (χ4n) is 1.88. The van der Waals surface area contributed by atoms with Gasteiger partial charge in [0.15, 0.2) is 0 Å². The molecular formula is C14H19N3. The lowest BCUT2D eigenvalue weighted by Gasteiger charge is -2.09. The van der Waals surface area contributed by atoms with E-state index in [1.807, 2.05) is 24.0 Å². The summed E-state index contributed by atoms with van der Waals surface area (Å²) in [6.45, 7) is 6.02. The van der Waals surface area contributed by atoms with E-state index in [1.54, 1.807) is 0 Å². The van der Waals surface area contributed by atoms with Crippen LogP contribution in [0.15, 0.2) is 30.6 Å². The maximum Gasteiger partial charge on any atom is 0.122 e. The quantitative estimate of drug-likeness (QED) is 0.872. The number of hydrogen-bond acceptors (Lipinski definition) is 2. The standard InChI is InChI=1S/C14H19N3/c1-11-5-4-6-13(12(11)2)9-15-10-14-16-7-8-17(14)3/h4-8,15H,9-10H2,1-3H3. The van der Waals surface area contributed by atoms with Gasteiger partial charge in [0, 0.05) is 26.0 Å². The molecule has 0 saturated carbocycles. The highest BCUT2D eigenvalue weighted by Crippen LogP contribution is 2.12. The first kappa shape index (κ1) is 11.9. The SMILES string of the molecule is Cc1cccc(CNCc2nccn2C)c1C. The van der Waals surface area contributed by atoms with Gasteiger partial charge < -0.3 is 9.88 Å². The highest BCUT2D eigenvalue weighted by atomic mass is 15.1. The molecule has 2 aromatic rings. The van der Waals surface area contributed by atoms with Crippen LogP contribution in [0.4, 0.5) is 0 Å². The fourth-order valence-corrected chi connectivity index (χ4v) is 1.88. The summed E-state index contributed by atoms with van der Waals surface area (Å²) < 4.78 is 2.04. The van der Waals surface area contributed by atoms with Gasteiger partial charge in [0.2, 0.25) is 0 Å². The molecule has 0 saturated heterocycles. The Kier molecular flexibility index (Phi) is 3.59. The third-order valence-electron chi connectivity index (χ3n) is 3.24. The second-order valence-corrected chi connectivity index (χ2v) is 4.42. The van der Waals surface area contributed by atoms with Gasteiger partial charge in [0.05, 0.1) is 6.54 Å². The maximum absolute atomic E-state index is 4.29. The van der Waals surface area contributed by atoms with Crippen LogP contribution < -0.4 is 5.32 Å². The average molecular weight is 229 g/mol. The van der Waals surface area contributed by atoms with E-state index in [9.17, 15) is 0 Å². The van der Waals surface area contributed by atoms with Crippen molar-refractivity contribution in [2.75, 3.05) is 0 Å². The van der Waals surface area contributed by atoms with Crippen molar-refractivity contribution in [1.82, 2.24) is 14.9 Å². The molecule has 1 N–H and O–H groups in total. The molecule has 0 bridgehead atoms. The van der Waals surface area contributed by atoms with Gasteiger partial charge in [-0.25, -0.2) is 4.98 Å². The van der Waals surface area contributed by atoms with Crippen molar-refractivity contribution >= 4 is 0 Å². The van der Waals surface area contributed by atoms with Gasteiger partial charge in [-0.3, -0.25) is 0 Å². The van der Waals surface area contributed by atoms with Crippen molar-refractivity contribution in [2.45, 2.75) is 26.9 Å². The lowest BCUT2D eigenvalue weighted by atomic mass is 10.0. The first-order chi connectivity index (χ1) is 8.18. The fraction of sp³-hybridized carbons (Fsp3) is 0.357. The van der Waals surface area contributed by atoms with Crippen LogP contribution in [0.3, 0.4) is 0 Å². The summed E-state index contributed by atoms with van der Waals surface area (Å²) in [5.74, 6) is 1.07. The number of nitrogens with one attached hydrogen (secondary N) is 1. The molecule has 0 aliphatic rings. The van der Waals surface area contributed by atoms with Crippen LogP contribution in [0.5, 0.6) is 0 Å². The number of benzene rings is 1. The zero-order valence-corrected chi connectivity index (χ0v) is 10.7. The molecule has 90 valence electrons. The molecule has 2 rings (SSSR count). The number of hydrogen-bond donors (Lipinski definition) is 1. The van der Waals surface area contributed by atoms with Gasteiger partial charge in [-0.15, -0.1) is 0 Å². The minimum Gasteiger partial charge on any atom is -0.337 e. The summed E-state index contributed by atoms with van der Waals surface area (Å²) in [6.07, 6.45) is 3.80. The maximum atomic E-state index is 4.29. The van der Waals surface area contributed by atoms with Crippen molar-refractivity contribution in [1.29, 1.82) is 0 Å². The minimum absolute atomic E-state index is 0.802. The van der Waals surface area contributed by atoms with Gasteiger partial charge in [-0.1, -0.05) is 18.2 Å². The summed E-state index contributed by atoms with van der Waals surface area (Å²) >= 11 is 0. The summed E-state index contributed by atoms with van der Waals surface area (Å²) in [5, 5.41) is 3.43. The van der Waals surface area contributed by atoms with Gasteiger partial charge >= 0.3 is 0 Å². The van der Waals surface area contributed by atoms with Crippen molar-refractivity contribution in [3.05, 3.63) is 53.1 Å². The summed E-state index contributed by atoms with van der Waals surface area (Å²) in [4.78, 5) is 4.29. The van der Waals surface area contributed by atoms with E-state index in [-0.39, 0.29) is 0 Å². The number of rotatable bonds is 4. The second kappa shape index (κ2) is 5.15.